The third-order valence-electron chi connectivity index (χ3n) is 6.95. The van der Waals surface area contributed by atoms with Crippen LogP contribution in [0.2, 0.25) is 18.1 Å². The Morgan fingerprint density at radius 1 is 1.03 bits per heavy atom. The molecule has 3 rings (SSSR count). The predicted octanol–water partition coefficient (Wildman–Crippen LogP) is 6.45. The molecule has 2 atom stereocenters. The first-order chi connectivity index (χ1) is 16.5. The van der Waals surface area contributed by atoms with Gasteiger partial charge in [-0.3, -0.25) is 0 Å². The molecule has 0 radical (unpaired) electrons. The molecule has 188 valence electrons. The Kier molecular flexibility index (Phi) is 8.42. The number of rotatable bonds is 11. The Balaban J connectivity index is 1.40. The Bertz CT molecular complexity index is 1040. The first-order valence-corrected chi connectivity index (χ1v) is 15.1. The minimum atomic E-state index is -2.19. The van der Waals surface area contributed by atoms with Crippen molar-refractivity contribution < 1.29 is 23.4 Å². The van der Waals surface area contributed by atoms with E-state index >= 15 is 0 Å². The van der Waals surface area contributed by atoms with Crippen LogP contribution in [0.3, 0.4) is 0 Å². The highest BCUT2D eigenvalue weighted by Gasteiger charge is 2.67. The molecule has 35 heavy (non-hydrogen) atoms. The molecule has 0 amide bonds. The maximum atomic E-state index is 12.5. The lowest BCUT2D eigenvalue weighted by Gasteiger charge is -2.37. The van der Waals surface area contributed by atoms with Gasteiger partial charge in [0.2, 0.25) is 0 Å². The highest BCUT2D eigenvalue weighted by atomic mass is 28.4. The summed E-state index contributed by atoms with van der Waals surface area (Å²) in [7, 11) is -0.804. The van der Waals surface area contributed by atoms with Crippen molar-refractivity contribution in [2.75, 3.05) is 13.7 Å². The zero-order valence-electron chi connectivity index (χ0n) is 21.7. The number of benzene rings is 2. The topological polar surface area (TPSA) is 81.1 Å². The molecule has 0 bridgehead atoms. The molecule has 1 saturated heterocycles. The summed E-state index contributed by atoms with van der Waals surface area (Å²) in [5, 5.41) is 8.90. The molecular weight excluding hydrogens is 458 g/mol. The summed E-state index contributed by atoms with van der Waals surface area (Å²) in [5.74, 6) is -0.828. The zero-order valence-corrected chi connectivity index (χ0v) is 22.7. The normalized spacial score (nSPS) is 19.6. The molecule has 1 heterocycles. The molecule has 1 aliphatic heterocycles. The van der Waals surface area contributed by atoms with Crippen molar-refractivity contribution in [3.05, 3.63) is 54.1 Å². The maximum absolute atomic E-state index is 12.5. The van der Waals surface area contributed by atoms with E-state index in [4.69, 9.17) is 23.9 Å². The van der Waals surface area contributed by atoms with Crippen LogP contribution in [0.1, 0.15) is 52.0 Å². The van der Waals surface area contributed by atoms with E-state index in [1.807, 2.05) is 48.5 Å². The summed E-state index contributed by atoms with van der Waals surface area (Å²) in [6.45, 7) is 11.3. The van der Waals surface area contributed by atoms with E-state index in [-0.39, 0.29) is 11.1 Å². The minimum absolute atomic E-state index is 0.0257. The molecule has 2 aromatic carbocycles. The summed E-state index contributed by atoms with van der Waals surface area (Å²) in [4.78, 5) is 12.5. The van der Waals surface area contributed by atoms with E-state index in [1.165, 1.54) is 7.11 Å². The van der Waals surface area contributed by atoms with Gasteiger partial charge >= 0.3 is 5.97 Å². The van der Waals surface area contributed by atoms with E-state index in [0.717, 1.165) is 42.6 Å². The molecule has 0 aromatic heterocycles. The number of hydrogen-bond donors (Lipinski definition) is 0. The van der Waals surface area contributed by atoms with Crippen LogP contribution in [-0.4, -0.2) is 39.9 Å². The zero-order chi connectivity index (χ0) is 25.7. The summed E-state index contributed by atoms with van der Waals surface area (Å²) in [5.41, 5.74) is 2.81. The molecule has 1 aliphatic rings. The van der Waals surface area contributed by atoms with Gasteiger partial charge in [0, 0.05) is 0 Å². The van der Waals surface area contributed by atoms with Crippen molar-refractivity contribution in [1.82, 2.24) is 0 Å². The fraction of sp³-hybridized carbons (Fsp3) is 0.500. The highest BCUT2D eigenvalue weighted by molar-refractivity contribution is 6.74. The minimum Gasteiger partial charge on any atom is -0.494 e. The molecule has 7 heteroatoms. The Morgan fingerprint density at radius 2 is 1.63 bits per heavy atom. The molecule has 2 unspecified atom stereocenters. The average molecular weight is 496 g/mol. The third kappa shape index (κ3) is 6.52. The van der Waals surface area contributed by atoms with E-state index < -0.39 is 20.1 Å². The van der Waals surface area contributed by atoms with Gasteiger partial charge in [0.25, 0.3) is 5.79 Å². The van der Waals surface area contributed by atoms with Gasteiger partial charge in [0.15, 0.2) is 8.32 Å². The molecule has 2 aromatic rings. The fourth-order valence-corrected chi connectivity index (χ4v) is 5.02. The SMILES string of the molecule is COC(=O)C1(O[Si](C)(C)C(C)(C)C)OC1CCCCCOc1ccc(-c2ccc(C#N)cc2)cc1. The largest absolute Gasteiger partial charge is 0.494 e. The number of nitrogens with zero attached hydrogens (tertiary/aromatic N) is 1. The van der Waals surface area contributed by atoms with Gasteiger partial charge in [-0.25, -0.2) is 4.79 Å². The standard InChI is InChI=1S/C28H37NO5Si/c1-27(2,3)35(5,6)34-28(26(30)31-4)25(33-28)10-8-7-9-19-32-24-17-15-23(16-18-24)22-13-11-21(20-29)12-14-22/h11-18,25H,7-10,19H2,1-6H3. The molecule has 0 saturated carbocycles. The van der Waals surface area contributed by atoms with Crippen molar-refractivity contribution >= 4 is 14.3 Å². The predicted molar refractivity (Wildman–Crippen MR) is 138 cm³/mol. The number of epoxide rings is 1. The number of methoxy groups -OCH3 is 1. The molecule has 6 nitrogen and oxygen atoms in total. The van der Waals surface area contributed by atoms with Gasteiger partial charge in [0.05, 0.1) is 25.3 Å². The third-order valence-corrected chi connectivity index (χ3v) is 11.4. The lowest BCUT2D eigenvalue weighted by molar-refractivity contribution is -0.159. The van der Waals surface area contributed by atoms with Crippen molar-refractivity contribution in [1.29, 1.82) is 5.26 Å². The first kappa shape index (κ1) is 26.9. The van der Waals surface area contributed by atoms with Gasteiger partial charge in [0.1, 0.15) is 11.9 Å². The van der Waals surface area contributed by atoms with Gasteiger partial charge in [-0.1, -0.05) is 51.5 Å². The number of nitriles is 1. The van der Waals surface area contributed by atoms with Crippen LogP contribution in [0, 0.1) is 11.3 Å². The van der Waals surface area contributed by atoms with Gasteiger partial charge in [-0.05, 0) is 72.8 Å². The second kappa shape index (κ2) is 10.9. The van der Waals surface area contributed by atoms with E-state index in [0.29, 0.717) is 12.2 Å². The van der Waals surface area contributed by atoms with Crippen LogP contribution in [-0.2, 0) is 18.7 Å². The van der Waals surface area contributed by atoms with E-state index in [1.54, 1.807) is 0 Å². The van der Waals surface area contributed by atoms with Gasteiger partial charge < -0.3 is 18.6 Å². The van der Waals surface area contributed by atoms with Gasteiger partial charge in [-0.2, -0.15) is 5.26 Å². The van der Waals surface area contributed by atoms with Crippen molar-refractivity contribution in [2.45, 2.75) is 76.5 Å². The highest BCUT2D eigenvalue weighted by Crippen LogP contribution is 2.48. The average Bonchev–Trinajstić information content (AvgIpc) is 3.53. The number of ether oxygens (including phenoxy) is 3. The van der Waals surface area contributed by atoms with Crippen molar-refractivity contribution in [3.63, 3.8) is 0 Å². The van der Waals surface area contributed by atoms with Crippen LogP contribution in [0.25, 0.3) is 11.1 Å². The van der Waals surface area contributed by atoms with Crippen molar-refractivity contribution in [3.8, 4) is 22.9 Å². The van der Waals surface area contributed by atoms with Gasteiger partial charge in [-0.15, -0.1) is 0 Å². The lowest BCUT2D eigenvalue weighted by atomic mass is 10.0. The number of hydrogen-bond acceptors (Lipinski definition) is 6. The number of carbonyl (C=O) groups excluding carboxylic acids is 1. The summed E-state index contributed by atoms with van der Waals surface area (Å²) in [6, 6.07) is 17.7. The van der Waals surface area contributed by atoms with E-state index in [2.05, 4.69) is 39.9 Å². The summed E-state index contributed by atoms with van der Waals surface area (Å²) in [6.07, 6.45) is 3.31. The van der Waals surface area contributed by atoms with Crippen LogP contribution >= 0.6 is 0 Å². The van der Waals surface area contributed by atoms with Crippen LogP contribution in [0.5, 0.6) is 5.75 Å². The lowest BCUT2D eigenvalue weighted by Crippen LogP contribution is -2.49. The second-order valence-electron chi connectivity index (χ2n) is 10.5. The Labute approximate surface area is 210 Å². The molecule has 1 fully saturated rings. The molecule has 0 aliphatic carbocycles. The smallest absolute Gasteiger partial charge is 0.368 e. The monoisotopic (exact) mass is 495 g/mol. The Morgan fingerprint density at radius 3 is 2.17 bits per heavy atom. The number of unbranched alkanes of at least 4 members (excludes halogenated alkanes) is 2. The quantitative estimate of drug-likeness (QED) is 0.154. The maximum Gasteiger partial charge on any atom is 0.368 e. The van der Waals surface area contributed by atoms with Crippen LogP contribution in [0.4, 0.5) is 0 Å². The van der Waals surface area contributed by atoms with Crippen LogP contribution < -0.4 is 4.74 Å². The first-order valence-electron chi connectivity index (χ1n) is 12.2. The molecule has 0 N–H and O–H groups in total. The van der Waals surface area contributed by atoms with Crippen molar-refractivity contribution in [2.24, 2.45) is 0 Å². The van der Waals surface area contributed by atoms with Crippen LogP contribution in [0.15, 0.2) is 48.5 Å². The fourth-order valence-electron chi connectivity index (χ4n) is 3.69. The summed E-state index contributed by atoms with van der Waals surface area (Å²) < 4.78 is 23.1. The molecule has 0 spiro atoms. The Hall–Kier alpha value is -2.66. The van der Waals surface area contributed by atoms with E-state index in [9.17, 15) is 4.79 Å². The summed E-state index contributed by atoms with van der Waals surface area (Å²) >= 11 is 0. The second-order valence-corrected chi connectivity index (χ2v) is 15.3. The number of esters is 1. The number of carbonyl (C=O) groups is 1. The molecular formula is C28H37NO5Si.